The summed E-state index contributed by atoms with van der Waals surface area (Å²) in [5, 5.41) is 9.08. The van der Waals surface area contributed by atoms with E-state index in [9.17, 15) is 9.59 Å². The number of carboxylic acids is 1. The van der Waals surface area contributed by atoms with Gasteiger partial charge in [0.15, 0.2) is 0 Å². The first kappa shape index (κ1) is 17.0. The van der Waals surface area contributed by atoms with Crippen molar-refractivity contribution in [1.29, 1.82) is 0 Å². The average molecular weight is 330 g/mol. The molecule has 24 heavy (non-hydrogen) atoms. The van der Waals surface area contributed by atoms with Gasteiger partial charge in [0, 0.05) is 38.6 Å². The average Bonchev–Trinajstić information content (AvgIpc) is 2.63. The smallest absolute Gasteiger partial charge is 0.335 e. The number of piperazine rings is 1. The van der Waals surface area contributed by atoms with Crippen LogP contribution in [0.15, 0.2) is 24.3 Å². The number of carbonyl (C=O) groups excluding carboxylic acids is 1. The van der Waals surface area contributed by atoms with Gasteiger partial charge in [-0.2, -0.15) is 0 Å². The minimum absolute atomic E-state index is 0.248. The second-order valence-corrected chi connectivity index (χ2v) is 6.94. The zero-order valence-electron chi connectivity index (χ0n) is 14.1. The number of carbonyl (C=O) groups is 2. The quantitative estimate of drug-likeness (QED) is 0.922. The fraction of sp³-hybridized carbons (Fsp3) is 0.579. The van der Waals surface area contributed by atoms with E-state index in [0.29, 0.717) is 11.5 Å². The van der Waals surface area contributed by atoms with Crippen LogP contribution >= 0.6 is 0 Å². The summed E-state index contributed by atoms with van der Waals surface area (Å²) in [6.45, 7) is 4.03. The van der Waals surface area contributed by atoms with Gasteiger partial charge in [0.2, 0.25) is 5.91 Å². The van der Waals surface area contributed by atoms with Crippen LogP contribution in [0.5, 0.6) is 0 Å². The zero-order chi connectivity index (χ0) is 16.9. The molecule has 1 aromatic rings. The van der Waals surface area contributed by atoms with Gasteiger partial charge in [-0.3, -0.25) is 9.69 Å². The lowest BCUT2D eigenvalue weighted by molar-refractivity contribution is -0.138. The van der Waals surface area contributed by atoms with Crippen molar-refractivity contribution < 1.29 is 14.7 Å². The minimum Gasteiger partial charge on any atom is -0.478 e. The minimum atomic E-state index is -0.889. The third-order valence-electron chi connectivity index (χ3n) is 5.22. The Labute approximate surface area is 143 Å². The van der Waals surface area contributed by atoms with Crippen LogP contribution in [-0.2, 0) is 11.3 Å². The molecule has 2 aliphatic rings. The van der Waals surface area contributed by atoms with Crippen LogP contribution in [0.4, 0.5) is 0 Å². The van der Waals surface area contributed by atoms with Gasteiger partial charge in [-0.05, 0) is 30.5 Å². The Bertz CT molecular complexity index is 588. The summed E-state index contributed by atoms with van der Waals surface area (Å²) in [4.78, 5) is 28.0. The number of nitrogens with zero attached hydrogens (tertiary/aromatic N) is 2. The summed E-state index contributed by atoms with van der Waals surface area (Å²) in [7, 11) is 0. The van der Waals surface area contributed by atoms with E-state index in [1.54, 1.807) is 18.2 Å². The molecule has 1 aliphatic heterocycles. The monoisotopic (exact) mass is 330 g/mol. The fourth-order valence-electron chi connectivity index (χ4n) is 3.80. The van der Waals surface area contributed by atoms with Crippen LogP contribution in [0.1, 0.15) is 48.0 Å². The van der Waals surface area contributed by atoms with E-state index in [4.69, 9.17) is 5.11 Å². The number of rotatable bonds is 4. The maximum atomic E-state index is 12.6. The molecule has 130 valence electrons. The first-order valence-corrected chi connectivity index (χ1v) is 8.97. The van der Waals surface area contributed by atoms with Crippen LogP contribution in [0.3, 0.4) is 0 Å². The molecule has 3 rings (SSSR count). The van der Waals surface area contributed by atoms with Gasteiger partial charge in [-0.25, -0.2) is 4.79 Å². The van der Waals surface area contributed by atoms with Gasteiger partial charge in [0.1, 0.15) is 0 Å². The Morgan fingerprint density at radius 3 is 2.42 bits per heavy atom. The van der Waals surface area contributed by atoms with Crippen LogP contribution < -0.4 is 0 Å². The molecule has 1 saturated heterocycles. The van der Waals surface area contributed by atoms with Crippen molar-refractivity contribution in [2.24, 2.45) is 5.92 Å². The Kier molecular flexibility index (Phi) is 5.51. The number of aromatic carboxylic acids is 1. The largest absolute Gasteiger partial charge is 0.478 e. The van der Waals surface area contributed by atoms with Crippen LogP contribution in [0.2, 0.25) is 0 Å². The molecule has 1 heterocycles. The topological polar surface area (TPSA) is 60.9 Å². The van der Waals surface area contributed by atoms with Crippen molar-refractivity contribution in [1.82, 2.24) is 9.80 Å². The molecular weight excluding hydrogens is 304 g/mol. The zero-order valence-corrected chi connectivity index (χ0v) is 14.1. The maximum absolute atomic E-state index is 12.6. The lowest BCUT2D eigenvalue weighted by Gasteiger charge is -2.37. The van der Waals surface area contributed by atoms with E-state index in [1.807, 2.05) is 11.0 Å². The molecule has 2 fully saturated rings. The molecule has 1 N–H and O–H groups in total. The third-order valence-corrected chi connectivity index (χ3v) is 5.22. The molecule has 0 radical (unpaired) electrons. The van der Waals surface area contributed by atoms with Crippen LogP contribution in [-0.4, -0.2) is 53.0 Å². The summed E-state index contributed by atoms with van der Waals surface area (Å²) in [6.07, 6.45) is 5.77. The predicted octanol–water partition coefficient (Wildman–Crippen LogP) is 2.61. The predicted molar refractivity (Wildman–Crippen MR) is 91.8 cm³/mol. The number of carboxylic acid groups (broad SMARTS) is 1. The summed E-state index contributed by atoms with van der Waals surface area (Å²) in [5.41, 5.74) is 1.35. The second-order valence-electron chi connectivity index (χ2n) is 6.94. The Morgan fingerprint density at radius 1 is 1.04 bits per heavy atom. The van der Waals surface area contributed by atoms with Crippen molar-refractivity contribution in [3.8, 4) is 0 Å². The summed E-state index contributed by atoms with van der Waals surface area (Å²) < 4.78 is 0. The molecule has 5 heteroatoms. The Hall–Kier alpha value is -1.88. The van der Waals surface area contributed by atoms with Crippen molar-refractivity contribution in [3.05, 3.63) is 35.4 Å². The molecule has 1 amide bonds. The highest BCUT2D eigenvalue weighted by Gasteiger charge is 2.28. The molecule has 0 atom stereocenters. The molecule has 0 spiro atoms. The first-order valence-electron chi connectivity index (χ1n) is 8.97. The van der Waals surface area contributed by atoms with E-state index in [0.717, 1.165) is 51.1 Å². The van der Waals surface area contributed by atoms with Gasteiger partial charge in [-0.1, -0.05) is 31.4 Å². The van der Waals surface area contributed by atoms with Crippen molar-refractivity contribution in [2.75, 3.05) is 26.2 Å². The maximum Gasteiger partial charge on any atom is 0.335 e. The van der Waals surface area contributed by atoms with Crippen molar-refractivity contribution in [2.45, 2.75) is 38.6 Å². The van der Waals surface area contributed by atoms with Gasteiger partial charge in [-0.15, -0.1) is 0 Å². The van der Waals surface area contributed by atoms with Gasteiger partial charge < -0.3 is 10.0 Å². The van der Waals surface area contributed by atoms with Gasteiger partial charge >= 0.3 is 5.97 Å². The van der Waals surface area contributed by atoms with Gasteiger partial charge in [0.25, 0.3) is 0 Å². The molecule has 0 unspecified atom stereocenters. The highest BCUT2D eigenvalue weighted by atomic mass is 16.4. The standard InChI is InChI=1S/C19H26N2O3/c22-18(16-6-2-1-3-7-16)21-11-9-20(10-12-21)14-15-5-4-8-17(13-15)19(23)24/h4-5,8,13,16H,1-3,6-7,9-12,14H2,(H,23,24). The molecule has 1 aromatic carbocycles. The van der Waals surface area contributed by atoms with E-state index in [2.05, 4.69) is 4.90 Å². The summed E-state index contributed by atoms with van der Waals surface area (Å²) >= 11 is 0. The Balaban J connectivity index is 1.50. The highest BCUT2D eigenvalue weighted by Crippen LogP contribution is 2.26. The molecule has 1 saturated carbocycles. The lowest BCUT2D eigenvalue weighted by atomic mass is 9.88. The Morgan fingerprint density at radius 2 is 1.75 bits per heavy atom. The first-order chi connectivity index (χ1) is 11.6. The number of hydrogen-bond donors (Lipinski definition) is 1. The van der Waals surface area contributed by atoms with Gasteiger partial charge in [0.05, 0.1) is 5.56 Å². The van der Waals surface area contributed by atoms with Crippen molar-refractivity contribution >= 4 is 11.9 Å². The van der Waals surface area contributed by atoms with E-state index >= 15 is 0 Å². The van der Waals surface area contributed by atoms with Crippen molar-refractivity contribution in [3.63, 3.8) is 0 Å². The molecule has 0 bridgehead atoms. The van der Waals surface area contributed by atoms with E-state index < -0.39 is 5.97 Å². The highest BCUT2D eigenvalue weighted by molar-refractivity contribution is 5.87. The van der Waals surface area contributed by atoms with E-state index in [-0.39, 0.29) is 5.92 Å². The molecule has 0 aromatic heterocycles. The number of hydrogen-bond acceptors (Lipinski definition) is 3. The lowest BCUT2D eigenvalue weighted by Crippen LogP contribution is -2.50. The number of amides is 1. The summed E-state index contributed by atoms with van der Waals surface area (Å²) in [6, 6.07) is 7.11. The number of benzene rings is 1. The SMILES string of the molecule is O=C(O)c1cccc(CN2CCN(C(=O)C3CCCCC3)CC2)c1. The third kappa shape index (κ3) is 4.15. The van der Waals surface area contributed by atoms with Crippen LogP contribution in [0, 0.1) is 5.92 Å². The van der Waals surface area contributed by atoms with E-state index in [1.165, 1.54) is 19.3 Å². The van der Waals surface area contributed by atoms with Crippen LogP contribution in [0.25, 0.3) is 0 Å². The molecular formula is C19H26N2O3. The molecule has 1 aliphatic carbocycles. The fourth-order valence-corrected chi connectivity index (χ4v) is 3.80. The normalized spacial score (nSPS) is 20.1. The second kappa shape index (κ2) is 7.79. The molecule has 5 nitrogen and oxygen atoms in total. The summed E-state index contributed by atoms with van der Waals surface area (Å²) in [5.74, 6) is -0.292.